The molecule has 5 rings (SSSR count). The van der Waals surface area contributed by atoms with E-state index in [1.165, 1.54) is 0 Å². The van der Waals surface area contributed by atoms with Crippen LogP contribution in [0.3, 0.4) is 0 Å². The lowest BCUT2D eigenvalue weighted by molar-refractivity contribution is 0.0343. The molecule has 0 radical (unpaired) electrons. The summed E-state index contributed by atoms with van der Waals surface area (Å²) >= 11 is 0. The van der Waals surface area contributed by atoms with Crippen LogP contribution in [0.4, 0.5) is 27.5 Å². The minimum atomic E-state index is -0.473. The largest absolute Gasteiger partial charge is 0.486 e. The van der Waals surface area contributed by atoms with Crippen molar-refractivity contribution in [2.45, 2.75) is 32.5 Å². The van der Waals surface area contributed by atoms with Gasteiger partial charge in [-0.15, -0.1) is 0 Å². The van der Waals surface area contributed by atoms with Crippen LogP contribution in [0.15, 0.2) is 97.1 Å². The van der Waals surface area contributed by atoms with Gasteiger partial charge in [0.2, 0.25) is 0 Å². The molecule has 1 heterocycles. The summed E-state index contributed by atoms with van der Waals surface area (Å²) in [5.74, 6) is -0.376. The second kappa shape index (κ2) is 15.5. The van der Waals surface area contributed by atoms with E-state index in [0.717, 1.165) is 5.56 Å². The van der Waals surface area contributed by atoms with Crippen LogP contribution < -0.4 is 26.4 Å². The summed E-state index contributed by atoms with van der Waals surface area (Å²) < 4.78 is 6.63. The van der Waals surface area contributed by atoms with E-state index in [2.05, 4.69) is 20.9 Å². The fourth-order valence-corrected chi connectivity index (χ4v) is 5.62. The monoisotopic (exact) mass is 650 g/mol. The number of aliphatic hydroxyl groups is 1. The second-order valence-corrected chi connectivity index (χ2v) is 12.2. The molecule has 48 heavy (non-hydrogen) atoms. The number of para-hydroxylation sites is 4. The third-order valence-corrected chi connectivity index (χ3v) is 8.34. The van der Waals surface area contributed by atoms with Gasteiger partial charge >= 0.3 is 6.03 Å². The van der Waals surface area contributed by atoms with Gasteiger partial charge in [-0.25, -0.2) is 4.79 Å². The van der Waals surface area contributed by atoms with E-state index >= 15 is 0 Å². The number of nitrogens with two attached hydrogens (primary N) is 1. The fourth-order valence-electron chi connectivity index (χ4n) is 5.62. The molecule has 0 aliphatic carbocycles. The molecule has 11 heteroatoms. The zero-order chi connectivity index (χ0) is 34.2. The fraction of sp³-hybridized carbons (Fsp3) is 0.270. The Balaban J connectivity index is 1.33. The topological polar surface area (TPSA) is 149 Å². The number of aliphatic hydroxyl groups excluding tert-OH is 1. The zero-order valence-corrected chi connectivity index (χ0v) is 27.4. The van der Waals surface area contributed by atoms with Gasteiger partial charge in [0, 0.05) is 36.8 Å². The third-order valence-electron chi connectivity index (χ3n) is 8.34. The van der Waals surface area contributed by atoms with Gasteiger partial charge in [-0.2, -0.15) is 0 Å². The molecule has 250 valence electrons. The lowest BCUT2D eigenvalue weighted by atomic mass is 9.98. The van der Waals surface area contributed by atoms with Crippen LogP contribution in [0.1, 0.15) is 40.1 Å². The first-order valence-electron chi connectivity index (χ1n) is 15.9. The molecule has 0 saturated heterocycles. The van der Waals surface area contributed by atoms with E-state index in [4.69, 9.17) is 10.5 Å². The van der Waals surface area contributed by atoms with Gasteiger partial charge < -0.3 is 36.4 Å². The molecule has 1 aliphatic heterocycles. The van der Waals surface area contributed by atoms with Gasteiger partial charge in [0.1, 0.15) is 6.10 Å². The number of hydrogen-bond donors (Lipinski definition) is 5. The van der Waals surface area contributed by atoms with Crippen LogP contribution in [0.5, 0.6) is 5.75 Å². The molecular formula is C37H42N6O5. The summed E-state index contributed by atoms with van der Waals surface area (Å²) in [6.07, 6.45) is -0.378. The van der Waals surface area contributed by atoms with Crippen molar-refractivity contribution in [1.82, 2.24) is 9.80 Å². The highest BCUT2D eigenvalue weighted by Crippen LogP contribution is 2.35. The molecule has 0 unspecified atom stereocenters. The average Bonchev–Trinajstić information content (AvgIpc) is 3.08. The number of nitrogens with one attached hydrogen (secondary N) is 3. The van der Waals surface area contributed by atoms with E-state index < -0.39 is 12.1 Å². The molecule has 11 nitrogen and oxygen atoms in total. The summed E-state index contributed by atoms with van der Waals surface area (Å²) in [5.41, 5.74) is 9.82. The number of benzene rings is 4. The molecule has 0 fully saturated rings. The molecule has 1 aliphatic rings. The standard InChI is InChI=1S/C37H42N6O5/c1-24-20-43(25(2)23-44)36(46)29-12-9-15-32(41-37(47)39-28-10-5-4-6-11-28)34(29)48-33(24)22-42(3)21-26-16-18-27(19-17-26)35(45)40-31-14-8-7-13-30(31)38/h4-19,24-25,33,44H,20-23,38H2,1-3H3,(H,40,45)(H2,39,41,47)/t24-,25-,33-/m1/s1. The first kappa shape index (κ1) is 34.0. The molecule has 0 saturated carbocycles. The van der Waals surface area contributed by atoms with Gasteiger partial charge in [0.25, 0.3) is 11.8 Å². The number of nitrogen functional groups attached to an aromatic ring is 1. The van der Waals surface area contributed by atoms with Gasteiger partial charge in [-0.05, 0) is 68.1 Å². The number of likely N-dealkylation sites (N-methyl/N-ethyl adjacent to an activating group) is 1. The van der Waals surface area contributed by atoms with Crippen LogP contribution in [0, 0.1) is 5.92 Å². The van der Waals surface area contributed by atoms with Crippen molar-refractivity contribution in [2.75, 3.05) is 48.4 Å². The predicted molar refractivity (Wildman–Crippen MR) is 188 cm³/mol. The van der Waals surface area contributed by atoms with Crippen LogP contribution in [-0.2, 0) is 6.54 Å². The molecule has 4 amide bonds. The number of carbonyl (C=O) groups is 3. The number of hydrogen-bond acceptors (Lipinski definition) is 7. The number of carbonyl (C=O) groups excluding carboxylic acids is 3. The van der Waals surface area contributed by atoms with Crippen molar-refractivity contribution in [1.29, 1.82) is 0 Å². The maximum absolute atomic E-state index is 13.8. The number of ether oxygens (including phenoxy) is 1. The first-order valence-corrected chi connectivity index (χ1v) is 15.9. The number of urea groups is 1. The van der Waals surface area contributed by atoms with Crippen LogP contribution >= 0.6 is 0 Å². The van der Waals surface area contributed by atoms with Gasteiger partial charge in [-0.1, -0.05) is 55.5 Å². The van der Waals surface area contributed by atoms with E-state index in [9.17, 15) is 19.5 Å². The van der Waals surface area contributed by atoms with Crippen LogP contribution in [-0.4, -0.2) is 71.6 Å². The number of fused-ring (bicyclic) bond motifs is 1. The second-order valence-electron chi connectivity index (χ2n) is 12.2. The highest BCUT2D eigenvalue weighted by molar-refractivity contribution is 6.06. The number of nitrogens with zero attached hydrogens (tertiary/aromatic N) is 2. The quantitative estimate of drug-likeness (QED) is 0.142. The average molecular weight is 651 g/mol. The Kier molecular flexibility index (Phi) is 10.9. The van der Waals surface area contributed by atoms with Crippen LogP contribution in [0.2, 0.25) is 0 Å². The van der Waals surface area contributed by atoms with E-state index in [0.29, 0.717) is 53.5 Å². The van der Waals surface area contributed by atoms with Crippen molar-refractivity contribution in [3.63, 3.8) is 0 Å². The molecule has 4 aromatic rings. The molecule has 0 bridgehead atoms. The summed E-state index contributed by atoms with van der Waals surface area (Å²) in [4.78, 5) is 43.3. The van der Waals surface area contributed by atoms with Gasteiger partial charge in [-0.3, -0.25) is 14.5 Å². The summed E-state index contributed by atoms with van der Waals surface area (Å²) in [6, 6.07) is 27.7. The van der Waals surface area contributed by atoms with Crippen molar-refractivity contribution in [3.05, 3.63) is 114 Å². The summed E-state index contributed by atoms with van der Waals surface area (Å²) in [7, 11) is 1.98. The smallest absolute Gasteiger partial charge is 0.323 e. The Morgan fingerprint density at radius 2 is 1.62 bits per heavy atom. The number of rotatable bonds is 10. The number of amides is 4. The SMILES string of the molecule is C[C@@H]1CN([C@H](C)CO)C(=O)c2cccc(NC(=O)Nc3ccccc3)c2O[C@@H]1CN(C)Cc1ccc(C(=O)Nc2ccccc2N)cc1. The van der Waals surface area contributed by atoms with Crippen LogP contribution in [0.25, 0.3) is 0 Å². The third kappa shape index (κ3) is 8.30. The Labute approximate surface area is 280 Å². The Bertz CT molecular complexity index is 1730. The van der Waals surface area contributed by atoms with Gasteiger partial charge in [0.05, 0.1) is 35.3 Å². The highest BCUT2D eigenvalue weighted by Gasteiger charge is 2.34. The summed E-state index contributed by atoms with van der Waals surface area (Å²) in [6.45, 7) is 5.07. The van der Waals surface area contributed by atoms with Crippen molar-refractivity contribution in [3.8, 4) is 5.75 Å². The Morgan fingerprint density at radius 1 is 0.938 bits per heavy atom. The molecule has 4 aromatic carbocycles. The lowest BCUT2D eigenvalue weighted by Gasteiger charge is -2.38. The molecular weight excluding hydrogens is 608 g/mol. The van der Waals surface area contributed by atoms with Crippen molar-refractivity contribution < 1.29 is 24.2 Å². The molecule has 0 spiro atoms. The van der Waals surface area contributed by atoms with E-state index in [1.807, 2.05) is 63.4 Å². The molecule has 3 atom stereocenters. The van der Waals surface area contributed by atoms with Crippen molar-refractivity contribution in [2.24, 2.45) is 5.92 Å². The minimum Gasteiger partial charge on any atom is -0.486 e. The zero-order valence-electron chi connectivity index (χ0n) is 27.4. The Hall–Kier alpha value is -5.39. The highest BCUT2D eigenvalue weighted by atomic mass is 16.5. The summed E-state index contributed by atoms with van der Waals surface area (Å²) in [5, 5.41) is 18.5. The molecule has 6 N–H and O–H groups in total. The van der Waals surface area contributed by atoms with E-state index in [-0.39, 0.29) is 36.2 Å². The maximum atomic E-state index is 13.8. The van der Waals surface area contributed by atoms with Gasteiger partial charge in [0.15, 0.2) is 5.75 Å². The van der Waals surface area contributed by atoms with Crippen molar-refractivity contribution >= 4 is 40.6 Å². The predicted octanol–water partition coefficient (Wildman–Crippen LogP) is 5.52. The molecule has 0 aromatic heterocycles. The van der Waals surface area contributed by atoms with E-state index in [1.54, 1.807) is 59.5 Å². The Morgan fingerprint density at radius 3 is 2.33 bits per heavy atom. The minimum absolute atomic E-state index is 0.124. The number of anilines is 4. The first-order chi connectivity index (χ1) is 23.1. The maximum Gasteiger partial charge on any atom is 0.323 e. The normalized spacial score (nSPS) is 16.6. The lowest BCUT2D eigenvalue weighted by Crippen LogP contribution is -2.49.